The third kappa shape index (κ3) is 4.38. The van der Waals surface area contributed by atoms with Gasteiger partial charge in [0.1, 0.15) is 11.6 Å². The fourth-order valence-electron chi connectivity index (χ4n) is 4.83. The Morgan fingerprint density at radius 2 is 1.77 bits per heavy atom. The number of halogens is 1. The van der Waals surface area contributed by atoms with Gasteiger partial charge in [-0.2, -0.15) is 0 Å². The Hall–Kier alpha value is -3.39. The first-order chi connectivity index (χ1) is 17.0. The molecule has 180 valence electrons. The summed E-state index contributed by atoms with van der Waals surface area (Å²) in [5.74, 6) is 2.46. The van der Waals surface area contributed by atoms with Gasteiger partial charge < -0.3 is 9.47 Å². The van der Waals surface area contributed by atoms with E-state index in [-0.39, 0.29) is 11.2 Å². The van der Waals surface area contributed by atoms with Crippen LogP contribution in [0.3, 0.4) is 0 Å². The number of hydrogen-bond acceptors (Lipinski definition) is 6. The predicted molar refractivity (Wildman–Crippen MR) is 134 cm³/mol. The van der Waals surface area contributed by atoms with E-state index >= 15 is 0 Å². The summed E-state index contributed by atoms with van der Waals surface area (Å²) in [7, 11) is 3.29. The molecule has 2 aromatic carbocycles. The summed E-state index contributed by atoms with van der Waals surface area (Å²) in [6.45, 7) is 2.25. The fourth-order valence-corrected chi connectivity index (χ4v) is 5.74. The zero-order valence-corrected chi connectivity index (χ0v) is 20.8. The van der Waals surface area contributed by atoms with Crippen molar-refractivity contribution in [2.45, 2.75) is 42.5 Å². The molecular formula is C27H27FN4O2S. The van der Waals surface area contributed by atoms with Gasteiger partial charge in [0, 0.05) is 23.5 Å². The minimum atomic E-state index is -0.323. The van der Waals surface area contributed by atoms with E-state index < -0.39 is 0 Å². The molecule has 0 fully saturated rings. The summed E-state index contributed by atoms with van der Waals surface area (Å²) in [5, 5.41) is 0.850. The van der Waals surface area contributed by atoms with Gasteiger partial charge in [0.2, 0.25) is 0 Å². The van der Waals surface area contributed by atoms with Crippen molar-refractivity contribution in [3.63, 3.8) is 0 Å². The molecule has 6 nitrogen and oxygen atoms in total. The van der Waals surface area contributed by atoms with Crippen molar-refractivity contribution in [1.82, 2.24) is 19.5 Å². The molecule has 0 amide bonds. The Balaban J connectivity index is 1.66. The molecule has 0 saturated heterocycles. The number of nitrogens with zero attached hydrogens (tertiary/aromatic N) is 4. The van der Waals surface area contributed by atoms with E-state index in [0.29, 0.717) is 17.3 Å². The van der Waals surface area contributed by atoms with Crippen LogP contribution in [0.4, 0.5) is 4.39 Å². The molecule has 2 aromatic heterocycles. The number of imidazole rings is 1. The van der Waals surface area contributed by atoms with E-state index in [0.717, 1.165) is 52.9 Å². The molecule has 8 heteroatoms. The quantitative estimate of drug-likeness (QED) is 0.307. The average molecular weight is 491 g/mol. The molecule has 0 saturated carbocycles. The van der Waals surface area contributed by atoms with Crippen molar-refractivity contribution in [1.29, 1.82) is 0 Å². The molecule has 1 atom stereocenters. The molecule has 1 aliphatic rings. The van der Waals surface area contributed by atoms with Crippen molar-refractivity contribution in [3.05, 3.63) is 89.5 Å². The highest BCUT2D eigenvalue weighted by molar-refractivity contribution is 7.98. The van der Waals surface area contributed by atoms with Crippen LogP contribution in [0.5, 0.6) is 11.5 Å². The summed E-state index contributed by atoms with van der Waals surface area (Å²) in [4.78, 5) is 13.8. The van der Waals surface area contributed by atoms with Crippen molar-refractivity contribution in [2.24, 2.45) is 0 Å². The number of aryl methyl sites for hydroxylation is 1. The third-order valence-corrected chi connectivity index (χ3v) is 7.52. The number of benzene rings is 2. The number of ether oxygens (including phenoxy) is 2. The number of methoxy groups -OCH3 is 2. The lowest BCUT2D eigenvalue weighted by molar-refractivity contribution is 0.352. The maximum atomic E-state index is 13.8. The second kappa shape index (κ2) is 9.70. The Bertz CT molecular complexity index is 1330. The molecular weight excluding hydrogens is 463 g/mol. The zero-order valence-electron chi connectivity index (χ0n) is 20.0. The van der Waals surface area contributed by atoms with Gasteiger partial charge in [-0.15, -0.1) is 0 Å². The lowest BCUT2D eigenvalue weighted by Gasteiger charge is -2.36. The highest BCUT2D eigenvalue weighted by atomic mass is 32.2. The van der Waals surface area contributed by atoms with Crippen LogP contribution in [-0.4, -0.2) is 33.7 Å². The van der Waals surface area contributed by atoms with Crippen molar-refractivity contribution in [2.75, 3.05) is 14.2 Å². The summed E-state index contributed by atoms with van der Waals surface area (Å²) >= 11 is 1.59. The molecule has 1 aliphatic carbocycles. The van der Waals surface area contributed by atoms with Crippen molar-refractivity contribution in [3.8, 4) is 17.2 Å². The van der Waals surface area contributed by atoms with Crippen LogP contribution in [0.2, 0.25) is 0 Å². The summed E-state index contributed by atoms with van der Waals surface area (Å²) in [5.41, 5.74) is 3.87. The highest BCUT2D eigenvalue weighted by Gasteiger charge is 2.40. The molecule has 35 heavy (non-hydrogen) atoms. The van der Waals surface area contributed by atoms with Crippen molar-refractivity contribution < 1.29 is 13.9 Å². The maximum absolute atomic E-state index is 13.8. The second-order valence-electron chi connectivity index (χ2n) is 8.71. The minimum Gasteiger partial charge on any atom is -0.493 e. The summed E-state index contributed by atoms with van der Waals surface area (Å²) in [6.07, 6.45) is 6.35. The SMILES string of the molecule is COc1ccc(C2(C)CCCc3nc(SCc4ncccn4)n(-c4ccc(F)cc4)c32)cc1OC. The van der Waals surface area contributed by atoms with E-state index in [1.807, 2.05) is 18.2 Å². The minimum absolute atomic E-state index is 0.266. The summed E-state index contributed by atoms with van der Waals surface area (Å²) < 4.78 is 27.1. The van der Waals surface area contributed by atoms with Crippen LogP contribution >= 0.6 is 11.8 Å². The van der Waals surface area contributed by atoms with Crippen LogP contribution in [0.25, 0.3) is 5.69 Å². The zero-order chi connectivity index (χ0) is 24.4. The Morgan fingerprint density at radius 3 is 2.49 bits per heavy atom. The standard InChI is InChI=1S/C27H27FN4O2S/c1-27(18-7-12-22(33-2)23(16-18)34-3)13-4-6-21-25(27)32(20-10-8-19(28)9-11-20)26(31-21)35-17-24-29-14-5-15-30-24/h5,7-12,14-16H,4,6,13,17H2,1-3H3. The van der Waals surface area contributed by atoms with Crippen LogP contribution in [0, 0.1) is 5.82 Å². The Kier molecular flexibility index (Phi) is 6.47. The number of fused-ring (bicyclic) bond motifs is 1. The number of thioether (sulfide) groups is 1. The molecule has 0 aliphatic heterocycles. The van der Waals surface area contributed by atoms with Gasteiger partial charge >= 0.3 is 0 Å². The number of hydrogen-bond donors (Lipinski definition) is 0. The van der Waals surface area contributed by atoms with E-state index in [4.69, 9.17) is 14.5 Å². The molecule has 5 rings (SSSR count). The summed E-state index contributed by atoms with van der Waals surface area (Å²) in [6, 6.07) is 14.5. The van der Waals surface area contributed by atoms with Gasteiger partial charge in [0.25, 0.3) is 0 Å². The average Bonchev–Trinajstić information content (AvgIpc) is 3.28. The van der Waals surface area contributed by atoms with Gasteiger partial charge in [-0.05, 0) is 74.2 Å². The monoisotopic (exact) mass is 490 g/mol. The van der Waals surface area contributed by atoms with Gasteiger partial charge in [-0.3, -0.25) is 4.57 Å². The predicted octanol–water partition coefficient (Wildman–Crippen LogP) is 5.75. The largest absolute Gasteiger partial charge is 0.493 e. The van der Waals surface area contributed by atoms with E-state index in [9.17, 15) is 4.39 Å². The van der Waals surface area contributed by atoms with Crippen molar-refractivity contribution >= 4 is 11.8 Å². The smallest absolute Gasteiger partial charge is 0.173 e. The Morgan fingerprint density at radius 1 is 1.03 bits per heavy atom. The van der Waals surface area contributed by atoms with Gasteiger partial charge in [0.05, 0.1) is 31.4 Å². The van der Waals surface area contributed by atoms with Crippen LogP contribution in [0.15, 0.2) is 66.1 Å². The van der Waals surface area contributed by atoms with Crippen LogP contribution in [0.1, 0.15) is 42.5 Å². The lowest BCUT2D eigenvalue weighted by atomic mass is 9.71. The fraction of sp³-hybridized carbons (Fsp3) is 0.296. The van der Waals surface area contributed by atoms with E-state index in [1.165, 1.54) is 12.1 Å². The normalized spacial score (nSPS) is 17.1. The molecule has 0 spiro atoms. The van der Waals surface area contributed by atoms with E-state index in [1.54, 1.807) is 44.4 Å². The highest BCUT2D eigenvalue weighted by Crippen LogP contribution is 2.47. The van der Waals surface area contributed by atoms with E-state index in [2.05, 4.69) is 33.6 Å². The first-order valence-electron chi connectivity index (χ1n) is 11.5. The molecule has 1 unspecified atom stereocenters. The van der Waals surface area contributed by atoms with Crippen LogP contribution in [-0.2, 0) is 17.6 Å². The molecule has 0 N–H and O–H groups in total. The first kappa shape index (κ1) is 23.4. The molecule has 0 bridgehead atoms. The first-order valence-corrected chi connectivity index (χ1v) is 12.5. The second-order valence-corrected chi connectivity index (χ2v) is 9.65. The van der Waals surface area contributed by atoms with Gasteiger partial charge in [-0.1, -0.05) is 17.8 Å². The molecule has 4 aromatic rings. The third-order valence-electron chi connectivity index (χ3n) is 6.59. The van der Waals surface area contributed by atoms with Crippen LogP contribution < -0.4 is 9.47 Å². The number of aromatic nitrogens is 4. The van der Waals surface area contributed by atoms with Gasteiger partial charge in [-0.25, -0.2) is 19.3 Å². The molecule has 2 heterocycles. The topological polar surface area (TPSA) is 62.1 Å². The lowest BCUT2D eigenvalue weighted by Crippen LogP contribution is -2.31. The van der Waals surface area contributed by atoms with Gasteiger partial charge in [0.15, 0.2) is 16.7 Å². The maximum Gasteiger partial charge on any atom is 0.173 e. The molecule has 0 radical (unpaired) electrons. The Labute approximate surface area is 208 Å². The number of rotatable bonds is 7.